The van der Waals surface area contributed by atoms with Gasteiger partial charge in [0.25, 0.3) is 0 Å². The molecule has 0 atom stereocenters. The van der Waals surface area contributed by atoms with Gasteiger partial charge in [0.2, 0.25) is 0 Å². The minimum absolute atomic E-state index is 0.490. The molecule has 2 heterocycles. The van der Waals surface area contributed by atoms with Crippen LogP contribution in [0.4, 0.5) is 0 Å². The van der Waals surface area contributed by atoms with E-state index in [-0.39, 0.29) is 0 Å². The average Bonchev–Trinajstić information content (AvgIpc) is 2.41. The molecule has 1 fully saturated rings. The van der Waals surface area contributed by atoms with Gasteiger partial charge in [0.1, 0.15) is 0 Å². The molecule has 4 heteroatoms. The molecule has 1 N–H and O–H groups in total. The number of aryl methyl sites for hydroxylation is 1. The number of likely N-dealkylation sites (tertiary alicyclic amines) is 1. The summed E-state index contributed by atoms with van der Waals surface area (Å²) in [6, 6.07) is 2.15. The predicted molar refractivity (Wildman–Crippen MR) is 78.5 cm³/mol. The van der Waals surface area contributed by atoms with Crippen LogP contribution < -0.4 is 0 Å². The molecule has 0 spiro atoms. The molecule has 0 aliphatic carbocycles. The first-order valence-electron chi connectivity index (χ1n) is 7.42. The number of carboxylic acids is 1. The van der Waals surface area contributed by atoms with Crippen LogP contribution in [0.25, 0.3) is 0 Å². The maximum Gasteiger partial charge on any atom is 0.309 e. The molecular weight excluding hydrogens is 252 g/mol. The van der Waals surface area contributed by atoms with E-state index in [0.717, 1.165) is 45.3 Å². The number of hydrogen-bond donors (Lipinski definition) is 1. The number of pyridine rings is 1. The summed E-state index contributed by atoms with van der Waals surface area (Å²) in [5.74, 6) is -0.615. The first kappa shape index (κ1) is 15.0. The van der Waals surface area contributed by atoms with E-state index in [1.165, 1.54) is 11.1 Å². The molecule has 0 unspecified atom stereocenters. The third-order valence-corrected chi connectivity index (χ3v) is 4.33. The number of nitrogens with zero attached hydrogens (tertiary/aromatic N) is 2. The smallest absolute Gasteiger partial charge is 0.309 e. The second kappa shape index (κ2) is 6.35. The quantitative estimate of drug-likeness (QED) is 0.898. The van der Waals surface area contributed by atoms with E-state index in [1.54, 1.807) is 0 Å². The maximum atomic E-state index is 11.5. The summed E-state index contributed by atoms with van der Waals surface area (Å²) in [5.41, 5.74) is 1.89. The van der Waals surface area contributed by atoms with Crippen molar-refractivity contribution < 1.29 is 9.90 Å². The predicted octanol–water partition coefficient (Wildman–Crippen LogP) is 2.86. The van der Waals surface area contributed by atoms with E-state index in [4.69, 9.17) is 0 Å². The fraction of sp³-hybridized carbons (Fsp3) is 0.625. The minimum Gasteiger partial charge on any atom is -0.481 e. The number of carboxylic acid groups (broad SMARTS) is 1. The Morgan fingerprint density at radius 1 is 1.40 bits per heavy atom. The molecule has 20 heavy (non-hydrogen) atoms. The van der Waals surface area contributed by atoms with Crippen molar-refractivity contribution in [3.05, 3.63) is 29.6 Å². The summed E-state index contributed by atoms with van der Waals surface area (Å²) in [6.07, 6.45) is 7.01. The first-order chi connectivity index (χ1) is 9.55. The third kappa shape index (κ3) is 3.37. The van der Waals surface area contributed by atoms with E-state index in [2.05, 4.69) is 22.9 Å². The zero-order valence-electron chi connectivity index (χ0n) is 12.4. The monoisotopic (exact) mass is 276 g/mol. The lowest BCUT2D eigenvalue weighted by atomic mass is 9.75. The van der Waals surface area contributed by atoms with Gasteiger partial charge in [-0.3, -0.25) is 14.7 Å². The Bertz CT molecular complexity index is 465. The zero-order valence-corrected chi connectivity index (χ0v) is 12.4. The second-order valence-electron chi connectivity index (χ2n) is 5.98. The van der Waals surface area contributed by atoms with Gasteiger partial charge in [-0.2, -0.15) is 0 Å². The van der Waals surface area contributed by atoms with E-state index in [9.17, 15) is 9.90 Å². The summed E-state index contributed by atoms with van der Waals surface area (Å²) < 4.78 is 0. The molecule has 0 saturated carbocycles. The summed E-state index contributed by atoms with van der Waals surface area (Å²) in [7, 11) is 0. The van der Waals surface area contributed by atoms with Crippen molar-refractivity contribution in [2.24, 2.45) is 5.41 Å². The van der Waals surface area contributed by atoms with Gasteiger partial charge < -0.3 is 5.11 Å². The number of aliphatic carboxylic acids is 1. The summed E-state index contributed by atoms with van der Waals surface area (Å²) in [6.45, 7) is 6.70. The lowest BCUT2D eigenvalue weighted by Crippen LogP contribution is -2.44. The van der Waals surface area contributed by atoms with Crippen molar-refractivity contribution in [1.82, 2.24) is 9.88 Å². The van der Waals surface area contributed by atoms with E-state index >= 15 is 0 Å². The topological polar surface area (TPSA) is 53.4 Å². The van der Waals surface area contributed by atoms with E-state index < -0.39 is 11.4 Å². The highest BCUT2D eigenvalue weighted by Gasteiger charge is 2.40. The van der Waals surface area contributed by atoms with Gasteiger partial charge in [0.05, 0.1) is 5.41 Å². The SMILES string of the molecule is CCCC1(C(=O)O)CCN(Cc2cncc(C)c2)CC1. The van der Waals surface area contributed by atoms with Gasteiger partial charge in [-0.15, -0.1) is 0 Å². The first-order valence-corrected chi connectivity index (χ1v) is 7.42. The van der Waals surface area contributed by atoms with Crippen LogP contribution in [0, 0.1) is 12.3 Å². The standard InChI is InChI=1S/C16H24N2O2/c1-3-4-16(15(19)20)5-7-18(8-6-16)12-14-9-13(2)10-17-11-14/h9-11H,3-8,12H2,1-2H3,(H,19,20). The second-order valence-corrected chi connectivity index (χ2v) is 5.98. The molecule has 0 amide bonds. The lowest BCUT2D eigenvalue weighted by Gasteiger charge is -2.38. The molecular formula is C16H24N2O2. The van der Waals surface area contributed by atoms with Gasteiger partial charge >= 0.3 is 5.97 Å². The van der Waals surface area contributed by atoms with Crippen molar-refractivity contribution in [3.8, 4) is 0 Å². The van der Waals surface area contributed by atoms with Crippen LogP contribution in [-0.2, 0) is 11.3 Å². The summed E-state index contributed by atoms with van der Waals surface area (Å²) >= 11 is 0. The van der Waals surface area contributed by atoms with Crippen molar-refractivity contribution in [2.45, 2.75) is 46.1 Å². The largest absolute Gasteiger partial charge is 0.481 e. The van der Waals surface area contributed by atoms with E-state index in [0.29, 0.717) is 0 Å². The van der Waals surface area contributed by atoms with Crippen LogP contribution in [0.2, 0.25) is 0 Å². The molecule has 2 rings (SSSR count). The van der Waals surface area contributed by atoms with Crippen molar-refractivity contribution in [3.63, 3.8) is 0 Å². The Hall–Kier alpha value is -1.42. The van der Waals surface area contributed by atoms with Crippen LogP contribution in [0.3, 0.4) is 0 Å². The van der Waals surface area contributed by atoms with Crippen molar-refractivity contribution in [2.75, 3.05) is 13.1 Å². The fourth-order valence-corrected chi connectivity index (χ4v) is 3.15. The molecule has 4 nitrogen and oxygen atoms in total. The molecule has 1 aromatic heterocycles. The van der Waals surface area contributed by atoms with Crippen LogP contribution in [0.5, 0.6) is 0 Å². The normalized spacial score (nSPS) is 18.9. The Morgan fingerprint density at radius 3 is 2.65 bits per heavy atom. The number of aromatic nitrogens is 1. The van der Waals surface area contributed by atoms with Gasteiger partial charge in [-0.25, -0.2) is 0 Å². The highest BCUT2D eigenvalue weighted by Crippen LogP contribution is 2.36. The van der Waals surface area contributed by atoms with Gasteiger partial charge in [-0.05, 0) is 50.4 Å². The highest BCUT2D eigenvalue weighted by molar-refractivity contribution is 5.74. The third-order valence-electron chi connectivity index (χ3n) is 4.33. The maximum absolute atomic E-state index is 11.5. The molecule has 0 aromatic carbocycles. The van der Waals surface area contributed by atoms with Crippen LogP contribution in [0.15, 0.2) is 18.5 Å². The van der Waals surface area contributed by atoms with Crippen LogP contribution >= 0.6 is 0 Å². The molecule has 1 saturated heterocycles. The number of piperidine rings is 1. The fourth-order valence-electron chi connectivity index (χ4n) is 3.15. The lowest BCUT2D eigenvalue weighted by molar-refractivity contribution is -0.152. The van der Waals surface area contributed by atoms with Gasteiger partial charge in [0, 0.05) is 18.9 Å². The number of hydrogen-bond acceptors (Lipinski definition) is 3. The molecule has 1 aromatic rings. The number of carbonyl (C=O) groups is 1. The highest BCUT2D eigenvalue weighted by atomic mass is 16.4. The van der Waals surface area contributed by atoms with E-state index in [1.807, 2.05) is 19.3 Å². The van der Waals surface area contributed by atoms with Crippen molar-refractivity contribution in [1.29, 1.82) is 0 Å². The Kier molecular flexibility index (Phi) is 4.76. The molecule has 0 radical (unpaired) electrons. The summed E-state index contributed by atoms with van der Waals surface area (Å²) in [4.78, 5) is 18.1. The molecule has 110 valence electrons. The van der Waals surface area contributed by atoms with Crippen LogP contribution in [0.1, 0.15) is 43.7 Å². The van der Waals surface area contributed by atoms with Crippen molar-refractivity contribution >= 4 is 5.97 Å². The van der Waals surface area contributed by atoms with Crippen LogP contribution in [-0.4, -0.2) is 34.0 Å². The average molecular weight is 276 g/mol. The molecule has 0 bridgehead atoms. The summed E-state index contributed by atoms with van der Waals surface area (Å²) in [5, 5.41) is 9.50. The Balaban J connectivity index is 1.95. The zero-order chi connectivity index (χ0) is 14.6. The Morgan fingerprint density at radius 2 is 2.10 bits per heavy atom. The van der Waals surface area contributed by atoms with Gasteiger partial charge in [-0.1, -0.05) is 19.4 Å². The minimum atomic E-state index is -0.615. The van der Waals surface area contributed by atoms with Gasteiger partial charge in [0.15, 0.2) is 0 Å². The number of rotatable bonds is 5. The molecule has 1 aliphatic rings. The Labute approximate surface area is 120 Å². The molecule has 1 aliphatic heterocycles.